The fraction of sp³-hybridized carbons (Fsp3) is 0.227. The maximum atomic E-state index is 14.5. The van der Waals surface area contributed by atoms with E-state index in [1.807, 2.05) is 0 Å². The molecule has 2 heterocycles. The minimum absolute atomic E-state index is 0.0218. The first-order valence-corrected chi connectivity index (χ1v) is 11.1. The summed E-state index contributed by atoms with van der Waals surface area (Å²) in [4.78, 5) is 20.5. The van der Waals surface area contributed by atoms with Gasteiger partial charge in [0.05, 0.1) is 17.1 Å². The van der Waals surface area contributed by atoms with Crippen molar-refractivity contribution in [1.82, 2.24) is 9.97 Å². The molecule has 0 bridgehead atoms. The lowest BCUT2D eigenvalue weighted by Gasteiger charge is -2.27. The van der Waals surface area contributed by atoms with Crippen LogP contribution in [0.1, 0.15) is 28.7 Å². The van der Waals surface area contributed by atoms with Crippen molar-refractivity contribution in [3.05, 3.63) is 77.6 Å². The predicted molar refractivity (Wildman–Crippen MR) is 116 cm³/mol. The van der Waals surface area contributed by atoms with Crippen LogP contribution in [-0.2, 0) is 23.4 Å². The molecule has 0 fully saturated rings. The average Bonchev–Trinajstić information content (AvgIpc) is 2.81. The van der Waals surface area contributed by atoms with Crippen LogP contribution in [0.4, 0.5) is 36.4 Å². The topological polar surface area (TPSA) is 83.4 Å². The number of aromatic nitrogens is 2. The number of carbonyl (C=O) groups excluding carboxylic acids is 1. The van der Waals surface area contributed by atoms with Gasteiger partial charge in [-0.1, -0.05) is 18.2 Å². The second kappa shape index (κ2) is 10.3. The van der Waals surface area contributed by atoms with Gasteiger partial charge in [0.15, 0.2) is 11.1 Å². The number of anilines is 1. The number of benzene rings is 1. The lowest BCUT2D eigenvalue weighted by atomic mass is 10.0. The summed E-state index contributed by atoms with van der Waals surface area (Å²) in [5.41, 5.74) is -5.19. The van der Waals surface area contributed by atoms with Crippen LogP contribution in [0.15, 0.2) is 54.9 Å². The lowest BCUT2D eigenvalue weighted by Crippen LogP contribution is -2.39. The molecule has 192 valence electrons. The van der Waals surface area contributed by atoms with Crippen LogP contribution in [0.5, 0.6) is 0 Å². The molecule has 0 aliphatic heterocycles. The number of halogens is 7. The van der Waals surface area contributed by atoms with Gasteiger partial charge in [0.25, 0.3) is 5.91 Å². The Hall–Kier alpha value is -3.39. The molecule has 1 amide bonds. The summed E-state index contributed by atoms with van der Waals surface area (Å²) >= 11 is -2.53. The molecule has 0 aliphatic carbocycles. The molecule has 3 aromatic rings. The molecule has 3 rings (SSSR count). The minimum atomic E-state index is -5.31. The van der Waals surface area contributed by atoms with E-state index in [0.29, 0.717) is 4.90 Å². The molecule has 2 unspecified atom stereocenters. The van der Waals surface area contributed by atoms with Gasteiger partial charge in [-0.25, -0.2) is 13.6 Å². The first-order chi connectivity index (χ1) is 16.7. The third kappa shape index (κ3) is 6.05. The number of pyridine rings is 2. The first kappa shape index (κ1) is 27.2. The summed E-state index contributed by atoms with van der Waals surface area (Å²) < 4.78 is 115. The number of amides is 1. The number of hydrogen-bond acceptors (Lipinski definition) is 4. The van der Waals surface area contributed by atoms with Crippen LogP contribution >= 0.6 is 0 Å². The molecule has 2 aromatic heterocycles. The summed E-state index contributed by atoms with van der Waals surface area (Å²) in [6, 6.07) is 6.85. The Balaban J connectivity index is 2.24. The van der Waals surface area contributed by atoms with Gasteiger partial charge >= 0.3 is 12.4 Å². The fourth-order valence-corrected chi connectivity index (χ4v) is 3.50. The van der Waals surface area contributed by atoms with E-state index in [0.717, 1.165) is 12.3 Å². The predicted octanol–water partition coefficient (Wildman–Crippen LogP) is 5.58. The zero-order chi connectivity index (χ0) is 26.8. The van der Waals surface area contributed by atoms with Gasteiger partial charge in [0, 0.05) is 29.4 Å². The maximum Gasteiger partial charge on any atom is 0.433 e. The van der Waals surface area contributed by atoms with E-state index in [2.05, 4.69) is 9.97 Å². The quantitative estimate of drug-likeness (QED) is 0.329. The number of alkyl halides is 6. The molecule has 36 heavy (non-hydrogen) atoms. The van der Waals surface area contributed by atoms with Crippen molar-refractivity contribution in [3.63, 3.8) is 0 Å². The second-order valence-corrected chi connectivity index (χ2v) is 8.85. The van der Waals surface area contributed by atoms with Crippen molar-refractivity contribution in [2.24, 2.45) is 0 Å². The monoisotopic (exact) mass is 535 g/mol. The average molecular weight is 535 g/mol. The van der Waals surface area contributed by atoms with Gasteiger partial charge < -0.3 is 9.45 Å². The lowest BCUT2D eigenvalue weighted by molar-refractivity contribution is -0.150. The Morgan fingerprint density at radius 2 is 1.61 bits per heavy atom. The van der Waals surface area contributed by atoms with E-state index in [9.17, 15) is 44.3 Å². The van der Waals surface area contributed by atoms with Crippen molar-refractivity contribution in [2.75, 3.05) is 11.4 Å². The van der Waals surface area contributed by atoms with E-state index in [-0.39, 0.29) is 28.9 Å². The van der Waals surface area contributed by atoms with Crippen LogP contribution in [-0.4, -0.2) is 36.4 Å². The van der Waals surface area contributed by atoms with Crippen molar-refractivity contribution >= 4 is 22.7 Å². The van der Waals surface area contributed by atoms with Gasteiger partial charge in [-0.05, 0) is 31.2 Å². The van der Waals surface area contributed by atoms with Crippen molar-refractivity contribution in [3.8, 4) is 11.1 Å². The van der Waals surface area contributed by atoms with Crippen LogP contribution in [0.2, 0.25) is 0 Å². The molecule has 1 N–H and O–H groups in total. The third-order valence-corrected chi connectivity index (χ3v) is 5.77. The fourth-order valence-electron chi connectivity index (χ4n) is 3.22. The zero-order valence-electron chi connectivity index (χ0n) is 18.1. The van der Waals surface area contributed by atoms with Crippen molar-refractivity contribution in [2.45, 2.75) is 24.5 Å². The SMILES string of the molecule is CC(CN(C(=O)c1cc(C(F)(F)F)nc(C(F)(F)F)c1)c1cnccc1-c1ccccc1F)S(=O)O. The smallest absolute Gasteiger partial charge is 0.306 e. The molecule has 1 aromatic carbocycles. The minimum Gasteiger partial charge on any atom is -0.306 e. The van der Waals surface area contributed by atoms with E-state index < -0.39 is 63.9 Å². The summed E-state index contributed by atoms with van der Waals surface area (Å²) in [5.74, 6) is -2.12. The largest absolute Gasteiger partial charge is 0.433 e. The maximum absolute atomic E-state index is 14.5. The molecule has 0 radical (unpaired) electrons. The van der Waals surface area contributed by atoms with Gasteiger partial charge in [-0.3, -0.25) is 9.78 Å². The van der Waals surface area contributed by atoms with Crippen LogP contribution in [0, 0.1) is 5.82 Å². The standard InChI is InChI=1S/C22H16F7N3O3S/c1-12(36(34)35)11-32(17-10-30-7-6-15(17)14-4-2-3-5-16(14)23)20(33)13-8-18(21(24,25)26)31-19(9-13)22(27,28)29/h2-10,12H,11H2,1H3,(H,34,35). The Morgan fingerprint density at radius 3 is 2.14 bits per heavy atom. The number of hydrogen-bond donors (Lipinski definition) is 1. The van der Waals surface area contributed by atoms with Crippen molar-refractivity contribution < 1.29 is 44.3 Å². The highest BCUT2D eigenvalue weighted by Crippen LogP contribution is 2.36. The van der Waals surface area contributed by atoms with Gasteiger partial charge in [0.1, 0.15) is 17.2 Å². The van der Waals surface area contributed by atoms with Gasteiger partial charge in [0.2, 0.25) is 0 Å². The molecule has 14 heteroatoms. The Bertz CT molecular complexity index is 1270. The number of nitrogens with zero attached hydrogens (tertiary/aromatic N) is 3. The first-order valence-electron chi connectivity index (χ1n) is 9.97. The Morgan fingerprint density at radius 1 is 1.03 bits per heavy atom. The van der Waals surface area contributed by atoms with E-state index in [1.54, 1.807) is 0 Å². The van der Waals surface area contributed by atoms with E-state index in [4.69, 9.17) is 0 Å². The molecule has 0 spiro atoms. The van der Waals surface area contributed by atoms with Crippen LogP contribution in [0.25, 0.3) is 11.1 Å². The normalized spacial score (nSPS) is 13.8. The second-order valence-electron chi connectivity index (χ2n) is 7.50. The molecule has 0 saturated carbocycles. The third-order valence-electron chi connectivity index (χ3n) is 4.94. The Kier molecular flexibility index (Phi) is 7.79. The highest BCUT2D eigenvalue weighted by atomic mass is 32.2. The molecular weight excluding hydrogens is 519 g/mol. The Labute approximate surface area is 202 Å². The van der Waals surface area contributed by atoms with Crippen molar-refractivity contribution in [1.29, 1.82) is 0 Å². The summed E-state index contributed by atoms with van der Waals surface area (Å²) in [6.07, 6.45) is -8.35. The van der Waals surface area contributed by atoms with E-state index >= 15 is 0 Å². The zero-order valence-corrected chi connectivity index (χ0v) is 19.0. The van der Waals surface area contributed by atoms with Crippen LogP contribution < -0.4 is 4.90 Å². The highest BCUT2D eigenvalue weighted by molar-refractivity contribution is 7.79. The molecule has 6 nitrogen and oxygen atoms in total. The van der Waals surface area contributed by atoms with Crippen LogP contribution in [0.3, 0.4) is 0 Å². The molecule has 0 saturated heterocycles. The number of rotatable bonds is 6. The molecule has 2 atom stereocenters. The highest BCUT2D eigenvalue weighted by Gasteiger charge is 2.40. The number of carbonyl (C=O) groups is 1. The molecular formula is C22H16F7N3O3S. The van der Waals surface area contributed by atoms with Gasteiger partial charge in [-0.2, -0.15) is 26.3 Å². The van der Waals surface area contributed by atoms with E-state index in [1.165, 1.54) is 37.4 Å². The van der Waals surface area contributed by atoms with Gasteiger partial charge in [-0.15, -0.1) is 0 Å². The summed E-state index contributed by atoms with van der Waals surface area (Å²) in [7, 11) is 0. The molecule has 0 aliphatic rings. The summed E-state index contributed by atoms with van der Waals surface area (Å²) in [6.45, 7) is 0.602. The summed E-state index contributed by atoms with van der Waals surface area (Å²) in [5, 5.41) is -1.20.